The zero-order chi connectivity index (χ0) is 29.1. The molecule has 0 aromatic heterocycles. The summed E-state index contributed by atoms with van der Waals surface area (Å²) in [5.74, 6) is 0.748. The molecule has 0 spiro atoms. The van der Waals surface area contributed by atoms with Gasteiger partial charge in [-0.05, 0) is 65.5 Å². The molecule has 6 rings (SSSR count). The van der Waals surface area contributed by atoms with Gasteiger partial charge in [0.1, 0.15) is 0 Å². The normalized spacial score (nSPS) is 15.4. The smallest absolute Gasteiger partial charge is 0.121 e. The van der Waals surface area contributed by atoms with Crippen molar-refractivity contribution in [1.29, 1.82) is 0 Å². The van der Waals surface area contributed by atoms with Gasteiger partial charge in [0.25, 0.3) is 11.4 Å². The van der Waals surface area contributed by atoms with Crippen molar-refractivity contribution in [2.24, 2.45) is 0 Å². The molecule has 41 heavy (non-hydrogen) atoms. The predicted octanol–water partition coefficient (Wildman–Crippen LogP) is 9.57. The molecule has 2 heteroatoms. The van der Waals surface area contributed by atoms with Gasteiger partial charge in [0, 0.05) is 28.6 Å². The summed E-state index contributed by atoms with van der Waals surface area (Å²) in [4.78, 5) is 0. The standard InChI is InChI=1S/C39H42N2/c1-9-13-27-19-21-30(22-20-27)40-37-31-17-11-15-29-16-12-18-32(35(29)31)38(37)41(39(40,7)8)36-33(25(3)4)23-28(14-10-2)24-34(36)26(5)6/h9-12,15-26H,1-2,13-14H2,3-8H3/q+2. The first kappa shape index (κ1) is 27.1. The molecular weight excluding hydrogens is 496 g/mol. The molecule has 2 aliphatic rings. The van der Waals surface area contributed by atoms with E-state index in [1.165, 1.54) is 67.0 Å². The van der Waals surface area contributed by atoms with Crippen molar-refractivity contribution in [2.45, 2.75) is 71.9 Å². The Hall–Kier alpha value is -4.04. The van der Waals surface area contributed by atoms with E-state index in [0.717, 1.165) is 12.8 Å². The van der Waals surface area contributed by atoms with Crippen LogP contribution in [0.1, 0.15) is 86.8 Å². The van der Waals surface area contributed by atoms with Crippen molar-refractivity contribution in [2.75, 3.05) is 0 Å². The maximum Gasteiger partial charge on any atom is 0.357 e. The van der Waals surface area contributed by atoms with Gasteiger partial charge < -0.3 is 0 Å². The van der Waals surface area contributed by atoms with E-state index in [4.69, 9.17) is 0 Å². The van der Waals surface area contributed by atoms with Crippen molar-refractivity contribution in [3.05, 3.63) is 131 Å². The molecule has 0 radical (unpaired) electrons. The minimum Gasteiger partial charge on any atom is -0.121 e. The van der Waals surface area contributed by atoms with E-state index in [9.17, 15) is 0 Å². The number of rotatable bonds is 8. The number of fused-ring (bicyclic) bond motifs is 3. The molecule has 0 saturated carbocycles. The molecule has 4 aromatic rings. The van der Waals surface area contributed by atoms with Crippen LogP contribution in [0, 0.1) is 0 Å². The van der Waals surface area contributed by atoms with E-state index in [1.807, 2.05) is 12.2 Å². The van der Waals surface area contributed by atoms with Crippen LogP contribution in [-0.4, -0.2) is 26.2 Å². The predicted molar refractivity (Wildman–Crippen MR) is 175 cm³/mol. The third kappa shape index (κ3) is 4.15. The number of hydrogen-bond donors (Lipinski definition) is 0. The van der Waals surface area contributed by atoms with E-state index >= 15 is 0 Å². The molecule has 206 valence electrons. The Balaban J connectivity index is 1.74. The first-order valence-electron chi connectivity index (χ1n) is 15.0. The van der Waals surface area contributed by atoms with Crippen LogP contribution in [0.25, 0.3) is 10.8 Å². The zero-order valence-corrected chi connectivity index (χ0v) is 25.5. The van der Waals surface area contributed by atoms with Gasteiger partial charge in [0.2, 0.25) is 11.4 Å². The first-order valence-corrected chi connectivity index (χ1v) is 15.0. The Labute approximate surface area is 245 Å². The highest BCUT2D eigenvalue weighted by Gasteiger charge is 2.61. The zero-order valence-electron chi connectivity index (χ0n) is 25.5. The summed E-state index contributed by atoms with van der Waals surface area (Å²) in [6.45, 7) is 22.1. The lowest BCUT2D eigenvalue weighted by Crippen LogP contribution is -2.41. The Morgan fingerprint density at radius 2 is 1.20 bits per heavy atom. The molecule has 1 aliphatic heterocycles. The molecule has 0 bridgehead atoms. The molecule has 1 heterocycles. The summed E-state index contributed by atoms with van der Waals surface area (Å²) in [5, 5.41) is 2.65. The quantitative estimate of drug-likeness (QED) is 0.156. The van der Waals surface area contributed by atoms with Crippen LogP contribution in [0.3, 0.4) is 0 Å². The Morgan fingerprint density at radius 3 is 1.71 bits per heavy atom. The summed E-state index contributed by atoms with van der Waals surface area (Å²) in [5.41, 5.74) is 12.9. The molecule has 0 saturated heterocycles. The fourth-order valence-corrected chi connectivity index (χ4v) is 7.04. The summed E-state index contributed by atoms with van der Waals surface area (Å²) < 4.78 is 5.26. The number of benzene rings is 4. The van der Waals surface area contributed by atoms with Crippen LogP contribution in [-0.2, 0) is 12.8 Å². The molecule has 0 unspecified atom stereocenters. The van der Waals surface area contributed by atoms with Gasteiger partial charge in [-0.3, -0.25) is 0 Å². The third-order valence-corrected chi connectivity index (χ3v) is 8.83. The summed E-state index contributed by atoms with van der Waals surface area (Å²) in [6.07, 6.45) is 5.75. The van der Waals surface area contributed by atoms with Crippen LogP contribution in [0.2, 0.25) is 0 Å². The van der Waals surface area contributed by atoms with Crippen LogP contribution >= 0.6 is 0 Å². The SMILES string of the molecule is C=CCc1ccc([N+]2=C3C(=[N+](c4c(C(C)C)cc(CC=C)cc4C(C)C)C2(C)C)c2cccc4cccc3c24)cc1. The second kappa shape index (κ2) is 10.1. The average Bonchev–Trinajstić information content (AvgIpc) is 3.38. The van der Waals surface area contributed by atoms with Gasteiger partial charge in [-0.25, -0.2) is 0 Å². The lowest BCUT2D eigenvalue weighted by molar-refractivity contribution is -0.740. The maximum absolute atomic E-state index is 4.05. The molecule has 4 aromatic carbocycles. The number of nitrogens with zero attached hydrogens (tertiary/aromatic N) is 2. The topological polar surface area (TPSA) is 6.02 Å². The highest BCUT2D eigenvalue weighted by Crippen LogP contribution is 2.46. The second-order valence-electron chi connectivity index (χ2n) is 12.7. The highest BCUT2D eigenvalue weighted by atomic mass is 15.3. The van der Waals surface area contributed by atoms with Crippen molar-refractivity contribution in [3.8, 4) is 0 Å². The largest absolute Gasteiger partial charge is 0.357 e. The van der Waals surface area contributed by atoms with Crippen LogP contribution in [0.5, 0.6) is 0 Å². The van der Waals surface area contributed by atoms with Gasteiger partial charge in [0.15, 0.2) is 0 Å². The van der Waals surface area contributed by atoms with E-state index in [0.29, 0.717) is 11.8 Å². The van der Waals surface area contributed by atoms with Gasteiger partial charge in [-0.15, -0.1) is 22.3 Å². The Kier molecular flexibility index (Phi) is 6.69. The Bertz CT molecular complexity index is 1740. The third-order valence-electron chi connectivity index (χ3n) is 8.83. The van der Waals surface area contributed by atoms with Gasteiger partial charge >= 0.3 is 5.66 Å². The molecule has 0 amide bonds. The molecule has 2 nitrogen and oxygen atoms in total. The second-order valence-corrected chi connectivity index (χ2v) is 12.7. The summed E-state index contributed by atoms with van der Waals surface area (Å²) in [7, 11) is 0. The fraction of sp³-hybridized carbons (Fsp3) is 0.282. The van der Waals surface area contributed by atoms with E-state index < -0.39 is 0 Å². The van der Waals surface area contributed by atoms with Gasteiger partial charge in [-0.1, -0.05) is 76.2 Å². The van der Waals surface area contributed by atoms with Gasteiger partial charge in [0.05, 0.1) is 25.0 Å². The van der Waals surface area contributed by atoms with Crippen LogP contribution < -0.4 is 0 Å². The fourth-order valence-electron chi connectivity index (χ4n) is 7.04. The minimum absolute atomic E-state index is 0.354. The van der Waals surface area contributed by atoms with Crippen molar-refractivity contribution < 1.29 is 9.15 Å². The van der Waals surface area contributed by atoms with E-state index in [1.54, 1.807) is 0 Å². The average molecular weight is 539 g/mol. The van der Waals surface area contributed by atoms with E-state index in [-0.39, 0.29) is 5.66 Å². The van der Waals surface area contributed by atoms with Crippen molar-refractivity contribution in [3.63, 3.8) is 0 Å². The molecular formula is C39H42N2+2. The first-order chi connectivity index (χ1) is 19.7. The molecule has 1 aliphatic carbocycles. The lowest BCUT2D eigenvalue weighted by atomic mass is 9.88. The van der Waals surface area contributed by atoms with Crippen LogP contribution in [0.4, 0.5) is 11.4 Å². The minimum atomic E-state index is -0.354. The lowest BCUT2D eigenvalue weighted by Gasteiger charge is -2.23. The molecule has 0 fully saturated rings. The van der Waals surface area contributed by atoms with Crippen molar-refractivity contribution >= 4 is 33.6 Å². The summed E-state index contributed by atoms with van der Waals surface area (Å²) in [6, 6.07) is 27.5. The summed E-state index contributed by atoms with van der Waals surface area (Å²) >= 11 is 0. The maximum atomic E-state index is 4.05. The van der Waals surface area contributed by atoms with Gasteiger partial charge in [-0.2, -0.15) is 0 Å². The molecule has 0 N–H and O–H groups in total. The monoisotopic (exact) mass is 538 g/mol. The number of hydrogen-bond acceptors (Lipinski definition) is 0. The highest BCUT2D eigenvalue weighted by molar-refractivity contribution is 6.58. The number of allylic oxidation sites excluding steroid dienone is 2. The Morgan fingerprint density at radius 1 is 0.683 bits per heavy atom. The molecule has 0 atom stereocenters. The van der Waals surface area contributed by atoms with E-state index in [2.05, 4.69) is 137 Å². The van der Waals surface area contributed by atoms with Crippen LogP contribution in [0.15, 0.2) is 98.1 Å². The van der Waals surface area contributed by atoms with Crippen molar-refractivity contribution in [1.82, 2.24) is 0 Å².